The Morgan fingerprint density at radius 1 is 1.39 bits per heavy atom. The summed E-state index contributed by atoms with van der Waals surface area (Å²) in [6.07, 6.45) is 2.75. The number of thiocarbonyl (C=S) groups is 1. The van der Waals surface area contributed by atoms with Crippen molar-refractivity contribution in [3.05, 3.63) is 30.3 Å². The van der Waals surface area contributed by atoms with Crippen molar-refractivity contribution in [2.24, 2.45) is 0 Å². The number of amides is 1. The summed E-state index contributed by atoms with van der Waals surface area (Å²) in [7, 11) is -3.44. The van der Waals surface area contributed by atoms with Crippen LogP contribution in [0.1, 0.15) is 6.92 Å². The van der Waals surface area contributed by atoms with E-state index in [1.165, 1.54) is 0 Å². The van der Waals surface area contributed by atoms with Gasteiger partial charge in [0, 0.05) is 18.5 Å². The number of nitrogens with one attached hydrogen (secondary N) is 2. The van der Waals surface area contributed by atoms with Gasteiger partial charge in [0.1, 0.15) is 15.9 Å². The third-order valence-corrected chi connectivity index (χ3v) is 3.97. The fraction of sp³-hybridized carbons (Fsp3) is 0.357. The Bertz CT molecular complexity index is 698. The van der Waals surface area contributed by atoms with Crippen molar-refractivity contribution in [2.45, 2.75) is 13.0 Å². The average molecular weight is 354 g/mol. The number of likely N-dealkylation sites (N-methyl/N-ethyl adjacent to an activating group) is 1. The number of nitriles is 1. The molecule has 1 atom stereocenters. The predicted molar refractivity (Wildman–Crippen MR) is 92.3 cm³/mol. The van der Waals surface area contributed by atoms with E-state index in [1.54, 1.807) is 37.4 Å². The second-order valence-electron chi connectivity index (χ2n) is 4.79. The maximum absolute atomic E-state index is 12.3. The van der Waals surface area contributed by atoms with Crippen LogP contribution >= 0.6 is 12.2 Å². The largest absolute Gasteiger partial charge is 0.350 e. The molecule has 0 saturated heterocycles. The van der Waals surface area contributed by atoms with Crippen molar-refractivity contribution in [3.8, 4) is 6.19 Å². The lowest BCUT2D eigenvalue weighted by molar-refractivity contribution is -0.129. The number of hydrogen-bond donors (Lipinski definition) is 2. The van der Waals surface area contributed by atoms with Crippen LogP contribution in [0.15, 0.2) is 30.3 Å². The van der Waals surface area contributed by atoms with Crippen LogP contribution in [0, 0.1) is 11.5 Å². The zero-order valence-corrected chi connectivity index (χ0v) is 14.4. The summed E-state index contributed by atoms with van der Waals surface area (Å²) >= 11 is 5.11. The Hall–Kier alpha value is -2.18. The minimum atomic E-state index is -3.44. The molecule has 0 heterocycles. The first kappa shape index (κ1) is 18.9. The molecule has 0 radical (unpaired) electrons. The molecule has 0 aliphatic carbocycles. The molecule has 0 saturated carbocycles. The normalized spacial score (nSPS) is 11.9. The fourth-order valence-corrected chi connectivity index (χ4v) is 2.88. The third kappa shape index (κ3) is 6.63. The molecular weight excluding hydrogens is 336 g/mol. The topological polar surface area (TPSA) is 102 Å². The average Bonchev–Trinajstić information content (AvgIpc) is 2.47. The second-order valence-corrected chi connectivity index (χ2v) is 7.39. The lowest BCUT2D eigenvalue weighted by atomic mass is 10.3. The van der Waals surface area contributed by atoms with E-state index >= 15 is 0 Å². The molecule has 2 N–H and O–H groups in total. The molecule has 0 spiro atoms. The molecule has 0 aliphatic rings. The summed E-state index contributed by atoms with van der Waals surface area (Å²) in [4.78, 5) is 13.1. The van der Waals surface area contributed by atoms with E-state index in [4.69, 9.17) is 17.5 Å². The van der Waals surface area contributed by atoms with Crippen LogP contribution in [0.5, 0.6) is 0 Å². The lowest BCUT2D eigenvalue weighted by Gasteiger charge is -2.22. The van der Waals surface area contributed by atoms with Crippen molar-refractivity contribution in [3.63, 3.8) is 0 Å². The van der Waals surface area contributed by atoms with Gasteiger partial charge in [-0.15, -0.1) is 0 Å². The van der Waals surface area contributed by atoms with Gasteiger partial charge in [-0.25, -0.2) is 13.3 Å². The molecule has 23 heavy (non-hydrogen) atoms. The molecule has 1 aromatic rings. The van der Waals surface area contributed by atoms with Crippen molar-refractivity contribution in [1.82, 2.24) is 10.2 Å². The van der Waals surface area contributed by atoms with Gasteiger partial charge in [-0.2, -0.15) is 5.26 Å². The van der Waals surface area contributed by atoms with Gasteiger partial charge in [-0.1, -0.05) is 18.2 Å². The van der Waals surface area contributed by atoms with Crippen molar-refractivity contribution >= 4 is 38.8 Å². The number of hydrogen-bond acceptors (Lipinski definition) is 5. The Balaban J connectivity index is 2.86. The molecule has 1 amide bonds. The Morgan fingerprint density at radius 2 is 2.00 bits per heavy atom. The maximum Gasteiger partial charge on any atom is 0.259 e. The number of anilines is 1. The highest BCUT2D eigenvalue weighted by Crippen LogP contribution is 2.05. The molecule has 9 heteroatoms. The molecule has 0 aromatic heterocycles. The number of carbonyl (C=O) groups is 1. The molecule has 0 fully saturated rings. The molecule has 1 rings (SSSR count). The first-order valence-corrected chi connectivity index (χ1v) is 9.25. The van der Waals surface area contributed by atoms with Crippen LogP contribution in [0.4, 0.5) is 5.69 Å². The van der Waals surface area contributed by atoms with Crippen molar-refractivity contribution < 1.29 is 13.2 Å². The van der Waals surface area contributed by atoms with Gasteiger partial charge in [-0.3, -0.25) is 4.79 Å². The Morgan fingerprint density at radius 3 is 2.48 bits per heavy atom. The number of rotatable bonds is 6. The number of para-hydroxylation sites is 1. The molecular formula is C14H18N4O3S2. The van der Waals surface area contributed by atoms with Gasteiger partial charge >= 0.3 is 0 Å². The number of benzene rings is 1. The van der Waals surface area contributed by atoms with Crippen LogP contribution in [-0.2, 0) is 14.6 Å². The standard InChI is InChI=1S/C14H18N4O3S2/c1-3-18(10-15)13(19)12(9-23(2,20)21)17-14(22)16-11-7-5-4-6-8-11/h4-8,12H,3,9H2,1-2H3,(H2,16,17,22). The number of nitrogens with zero attached hydrogens (tertiary/aromatic N) is 2. The zero-order valence-electron chi connectivity index (χ0n) is 12.8. The van der Waals surface area contributed by atoms with Crippen LogP contribution in [0.3, 0.4) is 0 Å². The SMILES string of the molecule is CCN(C#N)C(=O)C(CS(C)(=O)=O)NC(=S)Nc1ccccc1. The zero-order chi connectivity index (χ0) is 17.5. The summed E-state index contributed by atoms with van der Waals surface area (Å²) < 4.78 is 23.1. The summed E-state index contributed by atoms with van der Waals surface area (Å²) in [6.45, 7) is 1.77. The van der Waals surface area contributed by atoms with Gasteiger partial charge in [0.15, 0.2) is 11.3 Å². The quantitative estimate of drug-likeness (QED) is 0.441. The molecule has 1 unspecified atom stereocenters. The van der Waals surface area contributed by atoms with Gasteiger partial charge in [0.25, 0.3) is 5.91 Å². The first-order valence-electron chi connectivity index (χ1n) is 6.78. The Labute approximate surface area is 141 Å². The highest BCUT2D eigenvalue weighted by atomic mass is 32.2. The molecule has 0 bridgehead atoms. The van der Waals surface area contributed by atoms with Crippen LogP contribution in [0.2, 0.25) is 0 Å². The van der Waals surface area contributed by atoms with Gasteiger partial charge in [0.2, 0.25) is 0 Å². The van der Waals surface area contributed by atoms with Crippen LogP contribution in [0.25, 0.3) is 0 Å². The third-order valence-electron chi connectivity index (χ3n) is 2.81. The monoisotopic (exact) mass is 354 g/mol. The molecule has 7 nitrogen and oxygen atoms in total. The van der Waals surface area contributed by atoms with E-state index in [0.717, 1.165) is 11.2 Å². The van der Waals surface area contributed by atoms with E-state index in [2.05, 4.69) is 10.6 Å². The summed E-state index contributed by atoms with van der Waals surface area (Å²) in [5, 5.41) is 14.6. The molecule has 124 valence electrons. The predicted octanol–water partition coefficient (Wildman–Crippen LogP) is 0.716. The second kappa shape index (κ2) is 8.45. The first-order chi connectivity index (χ1) is 10.8. The van der Waals surface area contributed by atoms with Crippen molar-refractivity contribution in [2.75, 3.05) is 23.9 Å². The maximum atomic E-state index is 12.3. The highest BCUT2D eigenvalue weighted by Gasteiger charge is 2.28. The molecule has 0 aliphatic heterocycles. The van der Waals surface area contributed by atoms with E-state index in [1.807, 2.05) is 6.07 Å². The van der Waals surface area contributed by atoms with Gasteiger partial charge in [0.05, 0.1) is 5.75 Å². The van der Waals surface area contributed by atoms with E-state index in [0.29, 0.717) is 5.69 Å². The summed E-state index contributed by atoms with van der Waals surface area (Å²) in [5.74, 6) is -1.10. The smallest absolute Gasteiger partial charge is 0.259 e. The van der Waals surface area contributed by atoms with E-state index in [9.17, 15) is 13.2 Å². The van der Waals surface area contributed by atoms with Crippen LogP contribution in [-0.4, -0.2) is 48.9 Å². The van der Waals surface area contributed by atoms with Crippen LogP contribution < -0.4 is 10.6 Å². The van der Waals surface area contributed by atoms with Crippen molar-refractivity contribution in [1.29, 1.82) is 5.26 Å². The molecule has 1 aromatic carbocycles. The minimum Gasteiger partial charge on any atom is -0.350 e. The number of carbonyl (C=O) groups excluding carboxylic acids is 1. The van der Waals surface area contributed by atoms with E-state index < -0.39 is 27.5 Å². The summed E-state index contributed by atoms with van der Waals surface area (Å²) in [5.41, 5.74) is 0.697. The lowest BCUT2D eigenvalue weighted by Crippen LogP contribution is -2.51. The highest BCUT2D eigenvalue weighted by molar-refractivity contribution is 7.90. The fourth-order valence-electron chi connectivity index (χ4n) is 1.79. The minimum absolute atomic E-state index is 0.104. The van der Waals surface area contributed by atoms with Gasteiger partial charge in [-0.05, 0) is 31.3 Å². The Kier molecular flexibility index (Phi) is 6.93. The van der Waals surface area contributed by atoms with Gasteiger partial charge < -0.3 is 10.6 Å². The van der Waals surface area contributed by atoms with E-state index in [-0.39, 0.29) is 11.7 Å². The summed E-state index contributed by atoms with van der Waals surface area (Å²) in [6, 6.07) is 7.86. The number of sulfone groups is 1.